The lowest BCUT2D eigenvalue weighted by atomic mass is 10.2. The summed E-state index contributed by atoms with van der Waals surface area (Å²) in [5.74, 6) is 0.463. The molecule has 1 amide bonds. The van der Waals surface area contributed by atoms with Crippen molar-refractivity contribution in [2.75, 3.05) is 17.7 Å². The molecule has 9 heteroatoms. The zero-order valence-corrected chi connectivity index (χ0v) is 16.3. The molecule has 0 unspecified atom stereocenters. The van der Waals surface area contributed by atoms with Crippen LogP contribution < -0.4 is 10.1 Å². The van der Waals surface area contributed by atoms with Crippen molar-refractivity contribution in [1.29, 1.82) is 0 Å². The average molecular weight is 420 g/mol. The van der Waals surface area contributed by atoms with Crippen molar-refractivity contribution >= 4 is 51.5 Å². The Hall–Kier alpha value is -2.42. The molecule has 138 valence electrons. The molecule has 27 heavy (non-hydrogen) atoms. The number of ether oxygens (including phenoxy) is 1. The van der Waals surface area contributed by atoms with Gasteiger partial charge in [0.2, 0.25) is 5.13 Å². The van der Waals surface area contributed by atoms with Crippen LogP contribution in [0.5, 0.6) is 5.75 Å². The van der Waals surface area contributed by atoms with Gasteiger partial charge in [0.15, 0.2) is 16.7 Å². The van der Waals surface area contributed by atoms with E-state index in [2.05, 4.69) is 15.5 Å². The SMILES string of the molecule is O=C(COc1ccc(Cl)cc1)Nc1nnc(SCC(=O)c2ccccc2)s1. The molecule has 0 bridgehead atoms. The molecule has 0 saturated carbocycles. The highest BCUT2D eigenvalue weighted by molar-refractivity contribution is 8.01. The largest absolute Gasteiger partial charge is 0.484 e. The minimum atomic E-state index is -0.349. The monoisotopic (exact) mass is 419 g/mol. The van der Waals surface area contributed by atoms with Crippen molar-refractivity contribution in [3.63, 3.8) is 0 Å². The molecule has 0 radical (unpaired) electrons. The van der Waals surface area contributed by atoms with Crippen molar-refractivity contribution in [2.45, 2.75) is 4.34 Å². The first kappa shape index (κ1) is 19.3. The number of thioether (sulfide) groups is 1. The quantitative estimate of drug-likeness (QED) is 0.335. The summed E-state index contributed by atoms with van der Waals surface area (Å²) < 4.78 is 5.97. The number of benzene rings is 2. The molecular weight excluding hydrogens is 406 g/mol. The molecule has 0 saturated heterocycles. The number of carbonyl (C=O) groups is 2. The van der Waals surface area contributed by atoms with Crippen LogP contribution in [0.2, 0.25) is 5.02 Å². The van der Waals surface area contributed by atoms with Gasteiger partial charge >= 0.3 is 0 Å². The van der Waals surface area contributed by atoms with Crippen LogP contribution in [0.1, 0.15) is 10.4 Å². The molecule has 6 nitrogen and oxygen atoms in total. The van der Waals surface area contributed by atoms with E-state index < -0.39 is 0 Å². The second-order valence-electron chi connectivity index (χ2n) is 5.24. The lowest BCUT2D eigenvalue weighted by molar-refractivity contribution is -0.118. The van der Waals surface area contributed by atoms with Crippen LogP contribution in [-0.4, -0.2) is 34.2 Å². The molecule has 2 aromatic carbocycles. The van der Waals surface area contributed by atoms with Gasteiger partial charge < -0.3 is 4.74 Å². The van der Waals surface area contributed by atoms with Gasteiger partial charge in [-0.1, -0.05) is 65.0 Å². The van der Waals surface area contributed by atoms with Gasteiger partial charge in [-0.25, -0.2) is 0 Å². The molecule has 0 aliphatic carbocycles. The number of rotatable bonds is 8. The van der Waals surface area contributed by atoms with Gasteiger partial charge in [-0.05, 0) is 24.3 Å². The lowest BCUT2D eigenvalue weighted by Crippen LogP contribution is -2.20. The highest BCUT2D eigenvalue weighted by Gasteiger charge is 2.12. The van der Waals surface area contributed by atoms with E-state index in [1.807, 2.05) is 18.2 Å². The number of nitrogens with zero attached hydrogens (tertiary/aromatic N) is 2. The van der Waals surface area contributed by atoms with Crippen LogP contribution in [0.4, 0.5) is 5.13 Å². The third kappa shape index (κ3) is 6.06. The molecule has 0 fully saturated rings. The number of hydrogen-bond acceptors (Lipinski definition) is 7. The van der Waals surface area contributed by atoms with Gasteiger partial charge in [0.05, 0.1) is 5.75 Å². The maximum atomic E-state index is 12.1. The fraction of sp³-hybridized carbons (Fsp3) is 0.111. The number of aromatic nitrogens is 2. The molecule has 1 N–H and O–H groups in total. The minimum absolute atomic E-state index is 0.0118. The molecule has 1 aromatic heterocycles. The standard InChI is InChI=1S/C18H14ClN3O3S2/c19-13-6-8-14(9-7-13)25-10-16(24)20-17-21-22-18(27-17)26-11-15(23)12-4-2-1-3-5-12/h1-9H,10-11H2,(H,20,21,24). The van der Waals surface area contributed by atoms with Crippen LogP contribution in [0.15, 0.2) is 58.9 Å². The first-order valence-corrected chi connectivity index (χ1v) is 10.0. The van der Waals surface area contributed by atoms with Crippen molar-refractivity contribution in [2.24, 2.45) is 0 Å². The van der Waals surface area contributed by atoms with Crippen molar-refractivity contribution < 1.29 is 14.3 Å². The van der Waals surface area contributed by atoms with Gasteiger partial charge in [0, 0.05) is 10.6 Å². The number of nitrogens with one attached hydrogen (secondary N) is 1. The maximum Gasteiger partial charge on any atom is 0.264 e. The third-order valence-corrected chi connectivity index (χ3v) is 5.48. The minimum Gasteiger partial charge on any atom is -0.484 e. The Kier molecular flexibility index (Phi) is 6.80. The summed E-state index contributed by atoms with van der Waals surface area (Å²) in [7, 11) is 0. The smallest absolute Gasteiger partial charge is 0.264 e. The Morgan fingerprint density at radius 1 is 1.07 bits per heavy atom. The molecule has 0 aliphatic heterocycles. The van der Waals surface area contributed by atoms with Gasteiger partial charge in [-0.3, -0.25) is 14.9 Å². The number of halogens is 1. The topological polar surface area (TPSA) is 81.2 Å². The lowest BCUT2D eigenvalue weighted by Gasteiger charge is -2.05. The Balaban J connectivity index is 1.45. The van der Waals surface area contributed by atoms with Gasteiger partial charge in [-0.2, -0.15) is 0 Å². The molecule has 0 spiro atoms. The number of amides is 1. The van der Waals surface area contributed by atoms with E-state index in [4.69, 9.17) is 16.3 Å². The van der Waals surface area contributed by atoms with Crippen molar-refractivity contribution in [1.82, 2.24) is 10.2 Å². The number of anilines is 1. The van der Waals surface area contributed by atoms with Crippen LogP contribution in [-0.2, 0) is 4.79 Å². The molecular formula is C18H14ClN3O3S2. The van der Waals surface area contributed by atoms with E-state index in [-0.39, 0.29) is 24.1 Å². The van der Waals surface area contributed by atoms with Crippen molar-refractivity contribution in [3.05, 3.63) is 65.2 Å². The second-order valence-corrected chi connectivity index (χ2v) is 7.88. The van der Waals surface area contributed by atoms with Gasteiger partial charge in [0.1, 0.15) is 5.75 Å². The molecule has 3 aromatic rings. The normalized spacial score (nSPS) is 10.4. The predicted octanol–water partition coefficient (Wildman–Crippen LogP) is 4.18. The molecule has 1 heterocycles. The van der Waals surface area contributed by atoms with Gasteiger partial charge in [-0.15, -0.1) is 10.2 Å². The summed E-state index contributed by atoms with van der Waals surface area (Å²) >= 11 is 8.28. The fourth-order valence-corrected chi connectivity index (χ4v) is 3.78. The zero-order valence-electron chi connectivity index (χ0n) is 13.9. The van der Waals surface area contributed by atoms with Gasteiger partial charge in [0.25, 0.3) is 5.91 Å². The van der Waals surface area contributed by atoms with E-state index >= 15 is 0 Å². The Morgan fingerprint density at radius 2 is 1.81 bits per heavy atom. The first-order chi connectivity index (χ1) is 13.1. The number of ketones is 1. The average Bonchev–Trinajstić information content (AvgIpc) is 3.13. The zero-order chi connectivity index (χ0) is 19.1. The van der Waals surface area contributed by atoms with E-state index in [1.165, 1.54) is 23.1 Å². The maximum absolute atomic E-state index is 12.1. The molecule has 0 aliphatic rings. The van der Waals surface area contributed by atoms with Crippen LogP contribution >= 0.6 is 34.7 Å². The fourth-order valence-electron chi connectivity index (χ4n) is 1.99. The summed E-state index contributed by atoms with van der Waals surface area (Å²) in [6.45, 7) is -0.157. The first-order valence-electron chi connectivity index (χ1n) is 7.83. The summed E-state index contributed by atoms with van der Waals surface area (Å²) in [5, 5.41) is 11.4. The summed E-state index contributed by atoms with van der Waals surface area (Å²) in [4.78, 5) is 24.0. The van der Waals surface area contributed by atoms with Crippen LogP contribution in [0.3, 0.4) is 0 Å². The van der Waals surface area contributed by atoms with E-state index in [1.54, 1.807) is 36.4 Å². The highest BCUT2D eigenvalue weighted by Crippen LogP contribution is 2.26. The highest BCUT2D eigenvalue weighted by atomic mass is 35.5. The van der Waals surface area contributed by atoms with E-state index in [0.717, 1.165) is 0 Å². The molecule has 3 rings (SSSR count). The summed E-state index contributed by atoms with van der Waals surface area (Å²) in [6.07, 6.45) is 0. The Bertz CT molecular complexity index is 917. The number of hydrogen-bond donors (Lipinski definition) is 1. The molecule has 0 atom stereocenters. The van der Waals surface area contributed by atoms with Crippen molar-refractivity contribution in [3.8, 4) is 5.75 Å². The van der Waals surface area contributed by atoms with Crippen LogP contribution in [0.25, 0.3) is 0 Å². The summed E-state index contributed by atoms with van der Waals surface area (Å²) in [5.41, 5.74) is 0.655. The van der Waals surface area contributed by atoms with Crippen LogP contribution in [0, 0.1) is 0 Å². The summed E-state index contributed by atoms with van der Waals surface area (Å²) in [6, 6.07) is 15.8. The number of carbonyl (C=O) groups excluding carboxylic acids is 2. The third-order valence-electron chi connectivity index (χ3n) is 3.26. The van der Waals surface area contributed by atoms with E-state index in [9.17, 15) is 9.59 Å². The Labute approximate surface area is 168 Å². The second kappa shape index (κ2) is 9.50. The van der Waals surface area contributed by atoms with E-state index in [0.29, 0.717) is 25.8 Å². The number of Topliss-reactive ketones (excluding diaryl/α,β-unsaturated/α-hetero) is 1. The Morgan fingerprint density at radius 3 is 2.56 bits per heavy atom. The predicted molar refractivity (Wildman–Crippen MR) is 107 cm³/mol.